The van der Waals surface area contributed by atoms with Gasteiger partial charge in [0.2, 0.25) is 0 Å². The van der Waals surface area contributed by atoms with E-state index in [4.69, 9.17) is 0 Å². The fraction of sp³-hybridized carbons (Fsp3) is 0.588. The lowest BCUT2D eigenvalue weighted by molar-refractivity contribution is 0.0869. The molecule has 0 bridgehead atoms. The van der Waals surface area contributed by atoms with Gasteiger partial charge in [0.25, 0.3) is 5.91 Å². The molecule has 0 saturated heterocycles. The van der Waals surface area contributed by atoms with Crippen molar-refractivity contribution < 1.29 is 9.90 Å². The van der Waals surface area contributed by atoms with E-state index in [0.29, 0.717) is 12.0 Å². The molecule has 1 amide bonds. The molecule has 3 N–H and O–H groups in total. The van der Waals surface area contributed by atoms with Crippen LogP contribution < -0.4 is 10.6 Å². The van der Waals surface area contributed by atoms with Crippen molar-refractivity contribution in [1.82, 2.24) is 5.32 Å². The highest BCUT2D eigenvalue weighted by molar-refractivity contribution is 5.99. The summed E-state index contributed by atoms with van der Waals surface area (Å²) in [6, 6.07) is 7.44. The normalized spacial score (nSPS) is 12.8. The minimum Gasteiger partial charge on any atom is -0.391 e. The van der Waals surface area contributed by atoms with E-state index in [-0.39, 0.29) is 17.9 Å². The maximum atomic E-state index is 12.2. The Bertz CT molecular complexity index is 452. The Balaban J connectivity index is 2.59. The van der Waals surface area contributed by atoms with E-state index in [0.717, 1.165) is 18.7 Å². The Labute approximate surface area is 128 Å². The predicted molar refractivity (Wildman–Crippen MR) is 87.6 cm³/mol. The number of aliphatic hydroxyl groups excluding tert-OH is 1. The topological polar surface area (TPSA) is 61.4 Å². The quantitative estimate of drug-likeness (QED) is 0.724. The summed E-state index contributed by atoms with van der Waals surface area (Å²) in [6.07, 6.45) is 1.13. The highest BCUT2D eigenvalue weighted by Crippen LogP contribution is 2.20. The Kier molecular flexibility index (Phi) is 6.69. The Morgan fingerprint density at radius 2 is 1.95 bits per heavy atom. The van der Waals surface area contributed by atoms with Crippen LogP contribution in [0, 0.1) is 5.41 Å². The van der Waals surface area contributed by atoms with Crippen LogP contribution in [0.3, 0.4) is 0 Å². The Hall–Kier alpha value is -1.55. The lowest BCUT2D eigenvalue weighted by Gasteiger charge is -2.22. The molecule has 0 aliphatic rings. The minimum absolute atomic E-state index is 0.0464. The van der Waals surface area contributed by atoms with Crippen LogP contribution in [0.5, 0.6) is 0 Å². The van der Waals surface area contributed by atoms with Crippen LogP contribution in [-0.2, 0) is 0 Å². The molecule has 118 valence electrons. The van der Waals surface area contributed by atoms with Gasteiger partial charge >= 0.3 is 0 Å². The summed E-state index contributed by atoms with van der Waals surface area (Å²) in [5.74, 6) is -0.151. The van der Waals surface area contributed by atoms with Crippen molar-refractivity contribution in [3.8, 4) is 0 Å². The third kappa shape index (κ3) is 6.63. The van der Waals surface area contributed by atoms with Crippen molar-refractivity contribution >= 4 is 11.6 Å². The second kappa shape index (κ2) is 8.03. The first-order valence-corrected chi connectivity index (χ1v) is 7.62. The van der Waals surface area contributed by atoms with Gasteiger partial charge < -0.3 is 15.7 Å². The number of carbonyl (C=O) groups is 1. The first-order chi connectivity index (χ1) is 9.83. The van der Waals surface area contributed by atoms with Crippen LogP contribution in [-0.4, -0.2) is 30.2 Å². The van der Waals surface area contributed by atoms with Crippen molar-refractivity contribution in [3.05, 3.63) is 29.8 Å². The first kappa shape index (κ1) is 17.5. The lowest BCUT2D eigenvalue weighted by Crippen LogP contribution is -2.34. The molecule has 0 aliphatic heterocycles. The van der Waals surface area contributed by atoms with E-state index in [1.807, 2.05) is 18.2 Å². The number of anilines is 1. The number of benzene rings is 1. The van der Waals surface area contributed by atoms with E-state index < -0.39 is 6.10 Å². The summed E-state index contributed by atoms with van der Waals surface area (Å²) < 4.78 is 0. The van der Waals surface area contributed by atoms with Gasteiger partial charge in [-0.15, -0.1) is 0 Å². The molecule has 0 fully saturated rings. The van der Waals surface area contributed by atoms with Crippen LogP contribution in [0.1, 0.15) is 50.9 Å². The smallest absolute Gasteiger partial charge is 0.253 e. The molecule has 0 aliphatic carbocycles. The lowest BCUT2D eigenvalue weighted by atomic mass is 9.89. The number of nitrogens with one attached hydrogen (secondary N) is 2. The fourth-order valence-electron chi connectivity index (χ4n) is 2.18. The Morgan fingerprint density at radius 1 is 1.29 bits per heavy atom. The molecule has 4 nitrogen and oxygen atoms in total. The minimum atomic E-state index is -0.523. The molecule has 4 heteroatoms. The van der Waals surface area contributed by atoms with Crippen LogP contribution >= 0.6 is 0 Å². The van der Waals surface area contributed by atoms with Crippen molar-refractivity contribution in [1.29, 1.82) is 0 Å². The molecular formula is C17H28N2O2. The molecule has 0 aromatic heterocycles. The summed E-state index contributed by atoms with van der Waals surface area (Å²) in [5, 5.41) is 16.0. The summed E-state index contributed by atoms with van der Waals surface area (Å²) >= 11 is 0. The average Bonchev–Trinajstić information content (AvgIpc) is 2.41. The van der Waals surface area contributed by atoms with Gasteiger partial charge in [-0.25, -0.2) is 0 Å². The molecular weight excluding hydrogens is 264 g/mol. The largest absolute Gasteiger partial charge is 0.391 e. The predicted octanol–water partition coefficient (Wildman–Crippen LogP) is 3.04. The SMILES string of the molecule is CCCNc1ccccc1C(=O)NCC(O)CC(C)(C)C. The molecule has 1 unspecified atom stereocenters. The summed E-state index contributed by atoms with van der Waals surface area (Å²) in [7, 11) is 0. The van der Waals surface area contributed by atoms with Crippen LogP contribution in [0.15, 0.2) is 24.3 Å². The van der Waals surface area contributed by atoms with E-state index in [1.165, 1.54) is 0 Å². The second-order valence-corrected chi connectivity index (χ2v) is 6.60. The van der Waals surface area contributed by atoms with Gasteiger partial charge in [-0.05, 0) is 30.4 Å². The summed E-state index contributed by atoms with van der Waals surface area (Å²) in [4.78, 5) is 12.2. The average molecular weight is 292 g/mol. The van der Waals surface area contributed by atoms with E-state index in [1.54, 1.807) is 6.07 Å². The van der Waals surface area contributed by atoms with Gasteiger partial charge in [0, 0.05) is 18.8 Å². The van der Waals surface area contributed by atoms with Gasteiger partial charge in [0.05, 0.1) is 11.7 Å². The molecule has 0 spiro atoms. The van der Waals surface area contributed by atoms with Gasteiger partial charge in [-0.2, -0.15) is 0 Å². The van der Waals surface area contributed by atoms with Crippen LogP contribution in [0.25, 0.3) is 0 Å². The van der Waals surface area contributed by atoms with Crippen LogP contribution in [0.2, 0.25) is 0 Å². The molecule has 1 aromatic rings. The van der Waals surface area contributed by atoms with E-state index in [2.05, 4.69) is 38.3 Å². The molecule has 0 saturated carbocycles. The van der Waals surface area contributed by atoms with Gasteiger partial charge in [-0.3, -0.25) is 4.79 Å². The number of amides is 1. The highest BCUT2D eigenvalue weighted by atomic mass is 16.3. The zero-order chi connectivity index (χ0) is 15.9. The van der Waals surface area contributed by atoms with Crippen molar-refractivity contribution in [2.75, 3.05) is 18.4 Å². The number of carbonyl (C=O) groups excluding carboxylic acids is 1. The highest BCUT2D eigenvalue weighted by Gasteiger charge is 2.18. The van der Waals surface area contributed by atoms with Crippen LogP contribution in [0.4, 0.5) is 5.69 Å². The van der Waals surface area contributed by atoms with Crippen molar-refractivity contribution in [3.63, 3.8) is 0 Å². The van der Waals surface area contributed by atoms with Gasteiger partial charge in [0.15, 0.2) is 0 Å². The third-order valence-corrected chi connectivity index (χ3v) is 3.08. The maximum absolute atomic E-state index is 12.2. The summed E-state index contributed by atoms with van der Waals surface area (Å²) in [5.41, 5.74) is 1.50. The fourth-order valence-corrected chi connectivity index (χ4v) is 2.18. The zero-order valence-electron chi connectivity index (χ0n) is 13.6. The van der Waals surface area contributed by atoms with Gasteiger partial charge in [-0.1, -0.05) is 39.8 Å². The van der Waals surface area contributed by atoms with E-state index >= 15 is 0 Å². The van der Waals surface area contributed by atoms with Crippen molar-refractivity contribution in [2.24, 2.45) is 5.41 Å². The monoisotopic (exact) mass is 292 g/mol. The number of rotatable bonds is 7. The van der Waals surface area contributed by atoms with E-state index in [9.17, 15) is 9.90 Å². The first-order valence-electron chi connectivity index (χ1n) is 7.62. The number of para-hydroxylation sites is 1. The number of hydrogen-bond acceptors (Lipinski definition) is 3. The zero-order valence-corrected chi connectivity index (χ0v) is 13.6. The molecule has 1 atom stereocenters. The number of aliphatic hydroxyl groups is 1. The maximum Gasteiger partial charge on any atom is 0.253 e. The molecule has 1 aromatic carbocycles. The molecule has 21 heavy (non-hydrogen) atoms. The molecule has 0 heterocycles. The molecule has 0 radical (unpaired) electrons. The standard InChI is InChI=1S/C17H28N2O2/c1-5-10-18-15-9-7-6-8-14(15)16(21)19-12-13(20)11-17(2,3)4/h6-9,13,18,20H,5,10-12H2,1-4H3,(H,19,21). The third-order valence-electron chi connectivity index (χ3n) is 3.08. The summed E-state index contributed by atoms with van der Waals surface area (Å²) in [6.45, 7) is 9.40. The Morgan fingerprint density at radius 3 is 2.57 bits per heavy atom. The second-order valence-electron chi connectivity index (χ2n) is 6.60. The van der Waals surface area contributed by atoms with Gasteiger partial charge in [0.1, 0.15) is 0 Å². The van der Waals surface area contributed by atoms with Crippen molar-refractivity contribution in [2.45, 2.75) is 46.6 Å². The number of hydrogen-bond donors (Lipinski definition) is 3. The molecule has 1 rings (SSSR count).